The second-order valence-electron chi connectivity index (χ2n) is 8.55. The topological polar surface area (TPSA) is 72.3 Å². The Morgan fingerprint density at radius 3 is 2.84 bits per heavy atom. The van der Waals surface area contributed by atoms with E-state index in [1.807, 2.05) is 35.8 Å². The van der Waals surface area contributed by atoms with E-state index in [9.17, 15) is 4.79 Å². The number of carbonyl (C=O) groups excluding carboxylic acids is 1. The number of benzene rings is 1. The van der Waals surface area contributed by atoms with Crippen LogP contribution in [0.1, 0.15) is 50.8 Å². The van der Waals surface area contributed by atoms with Crippen LogP contribution < -0.4 is 10.1 Å². The smallest absolute Gasteiger partial charge is 0.230 e. The summed E-state index contributed by atoms with van der Waals surface area (Å²) in [6.45, 7) is 4.08. The van der Waals surface area contributed by atoms with Crippen LogP contribution in [-0.4, -0.2) is 63.6 Å². The molecule has 1 aromatic heterocycles. The van der Waals surface area contributed by atoms with E-state index in [0.29, 0.717) is 17.0 Å². The van der Waals surface area contributed by atoms with Crippen LogP contribution in [0.15, 0.2) is 29.4 Å². The lowest BCUT2D eigenvalue weighted by atomic mass is 9.92. The molecule has 2 aliphatic rings. The summed E-state index contributed by atoms with van der Waals surface area (Å²) in [5, 5.41) is 12.5. The van der Waals surface area contributed by atoms with Crippen LogP contribution in [0, 0.1) is 6.92 Å². The molecule has 0 bridgehead atoms. The summed E-state index contributed by atoms with van der Waals surface area (Å²) < 4.78 is 7.30. The monoisotopic (exact) mass is 443 g/mol. The van der Waals surface area contributed by atoms with E-state index < -0.39 is 0 Å². The van der Waals surface area contributed by atoms with Crippen LogP contribution in [0.5, 0.6) is 5.75 Å². The van der Waals surface area contributed by atoms with Crippen molar-refractivity contribution in [3.8, 4) is 11.4 Å². The van der Waals surface area contributed by atoms with Crippen molar-refractivity contribution in [3.05, 3.63) is 30.1 Å². The molecule has 1 N–H and O–H groups in total. The number of hydrogen-bond donors (Lipinski definition) is 1. The first-order valence-electron chi connectivity index (χ1n) is 11.4. The van der Waals surface area contributed by atoms with Crippen molar-refractivity contribution in [2.45, 2.75) is 69.1 Å². The maximum Gasteiger partial charge on any atom is 0.230 e. The number of carbonyl (C=O) groups is 1. The zero-order valence-corrected chi connectivity index (χ0v) is 19.4. The van der Waals surface area contributed by atoms with Crippen LogP contribution in [0.2, 0.25) is 0 Å². The number of amides is 1. The summed E-state index contributed by atoms with van der Waals surface area (Å²) in [6.07, 6.45) is 8.94. The first-order chi connectivity index (χ1) is 15.1. The molecule has 1 aromatic carbocycles. The van der Waals surface area contributed by atoms with E-state index in [1.165, 1.54) is 50.4 Å². The highest BCUT2D eigenvalue weighted by Crippen LogP contribution is 2.26. The molecule has 1 atom stereocenters. The normalized spacial score (nSPS) is 20.5. The van der Waals surface area contributed by atoms with Gasteiger partial charge in [-0.05, 0) is 51.3 Å². The number of rotatable bonds is 7. The molecule has 0 spiro atoms. The molecule has 1 saturated heterocycles. The summed E-state index contributed by atoms with van der Waals surface area (Å²) in [6, 6.07) is 8.75. The highest BCUT2D eigenvalue weighted by molar-refractivity contribution is 7.99. The summed E-state index contributed by atoms with van der Waals surface area (Å²) in [5.41, 5.74) is 0.931. The van der Waals surface area contributed by atoms with Crippen LogP contribution in [0.4, 0.5) is 0 Å². The van der Waals surface area contributed by atoms with Crippen molar-refractivity contribution in [3.63, 3.8) is 0 Å². The molecular weight excluding hydrogens is 410 g/mol. The highest BCUT2D eigenvalue weighted by atomic mass is 32.2. The van der Waals surface area contributed by atoms with Gasteiger partial charge in [-0.15, -0.1) is 10.2 Å². The molecular formula is C23H33N5O2S. The van der Waals surface area contributed by atoms with Gasteiger partial charge in [0.05, 0.1) is 18.6 Å². The summed E-state index contributed by atoms with van der Waals surface area (Å²) >= 11 is 1.42. The quantitative estimate of drug-likeness (QED) is 0.660. The maximum absolute atomic E-state index is 12.7. The molecule has 2 heterocycles. The Hall–Kier alpha value is -2.06. The number of nitrogens with one attached hydrogen (secondary N) is 1. The minimum Gasteiger partial charge on any atom is -0.497 e. The standard InChI is InChI=1S/C23H33N5O2S/c1-17-25-26-23(28(17)20-11-6-12-21(14-20)30-2)31-16-22(29)24-18-8-7-13-27(15-18)19-9-4-3-5-10-19/h6,11-12,14,18-19H,3-5,7-10,13,15-16H2,1-2H3,(H,24,29). The largest absolute Gasteiger partial charge is 0.497 e. The Kier molecular flexibility index (Phi) is 7.50. The van der Waals surface area contributed by atoms with Gasteiger partial charge in [0.1, 0.15) is 11.6 Å². The van der Waals surface area contributed by atoms with Crippen molar-refractivity contribution in [2.75, 3.05) is 26.0 Å². The van der Waals surface area contributed by atoms with Gasteiger partial charge in [-0.2, -0.15) is 0 Å². The Labute approximate surface area is 188 Å². The minimum absolute atomic E-state index is 0.0679. The zero-order valence-electron chi connectivity index (χ0n) is 18.5. The fraction of sp³-hybridized carbons (Fsp3) is 0.609. The number of nitrogens with zero attached hydrogens (tertiary/aromatic N) is 4. The van der Waals surface area contributed by atoms with Crippen molar-refractivity contribution in [2.24, 2.45) is 0 Å². The molecule has 1 aliphatic carbocycles. The molecule has 4 rings (SSSR count). The van der Waals surface area contributed by atoms with Crippen molar-refractivity contribution in [1.29, 1.82) is 0 Å². The van der Waals surface area contributed by atoms with Gasteiger partial charge in [0.15, 0.2) is 5.16 Å². The van der Waals surface area contributed by atoms with Crippen molar-refractivity contribution in [1.82, 2.24) is 25.0 Å². The van der Waals surface area contributed by atoms with Crippen molar-refractivity contribution >= 4 is 17.7 Å². The summed E-state index contributed by atoms with van der Waals surface area (Å²) in [4.78, 5) is 15.3. The molecule has 1 amide bonds. The fourth-order valence-electron chi connectivity index (χ4n) is 4.78. The molecule has 2 fully saturated rings. The van der Waals surface area contributed by atoms with Crippen LogP contribution in [0.3, 0.4) is 0 Å². The third-order valence-electron chi connectivity index (χ3n) is 6.35. The van der Waals surface area contributed by atoms with Gasteiger partial charge in [0.2, 0.25) is 5.91 Å². The van der Waals surface area contributed by atoms with Gasteiger partial charge in [0.25, 0.3) is 0 Å². The first kappa shape index (κ1) is 22.1. The second kappa shape index (κ2) is 10.5. The van der Waals surface area contributed by atoms with E-state index in [2.05, 4.69) is 20.4 Å². The number of aromatic nitrogens is 3. The van der Waals surface area contributed by atoms with Gasteiger partial charge in [0, 0.05) is 24.7 Å². The number of thioether (sulfide) groups is 1. The molecule has 168 valence electrons. The SMILES string of the molecule is COc1cccc(-n2c(C)nnc2SCC(=O)NC2CCCN(C3CCCCC3)C2)c1. The lowest BCUT2D eigenvalue weighted by molar-refractivity contribution is -0.119. The zero-order chi connectivity index (χ0) is 21.6. The minimum atomic E-state index is 0.0679. The van der Waals surface area contributed by atoms with E-state index in [0.717, 1.165) is 36.6 Å². The molecule has 31 heavy (non-hydrogen) atoms. The van der Waals surface area contributed by atoms with E-state index >= 15 is 0 Å². The van der Waals surface area contributed by atoms with Crippen LogP contribution in [0.25, 0.3) is 5.69 Å². The molecule has 1 saturated carbocycles. The van der Waals surface area contributed by atoms with Crippen LogP contribution in [-0.2, 0) is 4.79 Å². The third-order valence-corrected chi connectivity index (χ3v) is 7.28. The van der Waals surface area contributed by atoms with E-state index in [-0.39, 0.29) is 11.9 Å². The molecule has 1 unspecified atom stereocenters. The Morgan fingerprint density at radius 2 is 2.03 bits per heavy atom. The molecule has 7 nitrogen and oxygen atoms in total. The summed E-state index contributed by atoms with van der Waals surface area (Å²) in [7, 11) is 1.65. The lowest BCUT2D eigenvalue weighted by Crippen LogP contribution is -2.51. The average molecular weight is 444 g/mol. The number of aryl methyl sites for hydroxylation is 1. The average Bonchev–Trinajstić information content (AvgIpc) is 3.19. The number of hydrogen-bond acceptors (Lipinski definition) is 6. The first-order valence-corrected chi connectivity index (χ1v) is 12.4. The number of ether oxygens (including phenoxy) is 1. The summed E-state index contributed by atoms with van der Waals surface area (Å²) in [5.74, 6) is 1.96. The lowest BCUT2D eigenvalue weighted by Gasteiger charge is -2.40. The highest BCUT2D eigenvalue weighted by Gasteiger charge is 2.27. The van der Waals surface area contributed by atoms with Gasteiger partial charge < -0.3 is 10.1 Å². The van der Waals surface area contributed by atoms with Gasteiger partial charge in [-0.25, -0.2) is 0 Å². The second-order valence-corrected chi connectivity index (χ2v) is 9.49. The van der Waals surface area contributed by atoms with E-state index in [4.69, 9.17) is 4.74 Å². The van der Waals surface area contributed by atoms with Gasteiger partial charge in [-0.3, -0.25) is 14.3 Å². The van der Waals surface area contributed by atoms with E-state index in [1.54, 1.807) is 7.11 Å². The number of methoxy groups -OCH3 is 1. The predicted octanol–water partition coefficient (Wildman–Crippen LogP) is 3.59. The Balaban J connectivity index is 1.33. The van der Waals surface area contributed by atoms with Crippen LogP contribution >= 0.6 is 11.8 Å². The Morgan fingerprint density at radius 1 is 1.19 bits per heavy atom. The predicted molar refractivity (Wildman–Crippen MR) is 123 cm³/mol. The molecule has 1 aliphatic heterocycles. The number of likely N-dealkylation sites (tertiary alicyclic amines) is 1. The van der Waals surface area contributed by atoms with Crippen molar-refractivity contribution < 1.29 is 9.53 Å². The number of piperidine rings is 1. The molecule has 0 radical (unpaired) electrons. The fourth-order valence-corrected chi connectivity index (χ4v) is 5.59. The van der Waals surface area contributed by atoms with Gasteiger partial charge >= 0.3 is 0 Å². The third kappa shape index (κ3) is 5.60. The Bertz CT molecular complexity index is 881. The van der Waals surface area contributed by atoms with Gasteiger partial charge in [-0.1, -0.05) is 37.1 Å². The maximum atomic E-state index is 12.7. The molecule has 2 aromatic rings. The molecule has 8 heteroatoms.